The molecule has 0 radical (unpaired) electrons. The zero-order valence-corrected chi connectivity index (χ0v) is 7.13. The molecule has 0 rings (SSSR count). The summed E-state index contributed by atoms with van der Waals surface area (Å²) in [5, 5.41) is 8.66. The predicted molar refractivity (Wildman–Crippen MR) is 41.0 cm³/mol. The Balaban J connectivity index is 3.97. The molecule has 4 nitrogen and oxygen atoms in total. The molecule has 0 aliphatic heterocycles. The second kappa shape index (κ2) is 5.09. The van der Waals surface area contributed by atoms with Crippen LogP contribution in [0.3, 0.4) is 0 Å². The number of rotatable bonds is 5. The van der Waals surface area contributed by atoms with Crippen molar-refractivity contribution in [3.63, 3.8) is 0 Å². The maximum absolute atomic E-state index is 10.5. The molecular formula is C7H15NO3. The summed E-state index contributed by atoms with van der Waals surface area (Å²) in [6.07, 6.45) is 0.813. The van der Waals surface area contributed by atoms with E-state index in [1.807, 2.05) is 13.8 Å². The monoisotopic (exact) mass is 161 g/mol. The van der Waals surface area contributed by atoms with Crippen molar-refractivity contribution >= 4 is 5.97 Å². The Bertz CT molecular complexity index is 127. The molecule has 66 valence electrons. The largest absolute Gasteiger partial charge is 0.480 e. The van der Waals surface area contributed by atoms with Crippen molar-refractivity contribution < 1.29 is 14.7 Å². The van der Waals surface area contributed by atoms with E-state index in [2.05, 4.69) is 10.3 Å². The predicted octanol–water partition coefficient (Wildman–Crippen LogP) is 0.637. The second-order valence-electron chi connectivity index (χ2n) is 2.52. The van der Waals surface area contributed by atoms with Gasteiger partial charge in [0.05, 0.1) is 7.11 Å². The number of aliphatic carboxylic acids is 1. The number of hydrogen-bond acceptors (Lipinski definition) is 3. The number of nitrogens with one attached hydrogen (secondary N) is 1. The van der Waals surface area contributed by atoms with E-state index in [1.165, 1.54) is 7.11 Å². The normalized spacial score (nSPS) is 15.9. The quantitative estimate of drug-likeness (QED) is 0.581. The van der Waals surface area contributed by atoms with E-state index in [4.69, 9.17) is 5.11 Å². The van der Waals surface area contributed by atoms with Gasteiger partial charge in [-0.1, -0.05) is 20.3 Å². The zero-order chi connectivity index (χ0) is 8.85. The third-order valence-corrected chi connectivity index (χ3v) is 1.72. The number of hydrogen-bond donors (Lipinski definition) is 2. The van der Waals surface area contributed by atoms with Crippen LogP contribution in [0.1, 0.15) is 20.3 Å². The summed E-state index contributed by atoms with van der Waals surface area (Å²) in [6.45, 7) is 3.81. The topological polar surface area (TPSA) is 58.6 Å². The summed E-state index contributed by atoms with van der Waals surface area (Å²) >= 11 is 0. The van der Waals surface area contributed by atoms with Crippen LogP contribution in [-0.2, 0) is 9.63 Å². The minimum absolute atomic E-state index is 0.0763. The van der Waals surface area contributed by atoms with Crippen molar-refractivity contribution in [1.29, 1.82) is 0 Å². The van der Waals surface area contributed by atoms with Crippen LogP contribution < -0.4 is 5.48 Å². The highest BCUT2D eigenvalue weighted by molar-refractivity contribution is 5.73. The fraction of sp³-hybridized carbons (Fsp3) is 0.857. The highest BCUT2D eigenvalue weighted by Crippen LogP contribution is 2.07. The molecule has 2 N–H and O–H groups in total. The Morgan fingerprint density at radius 3 is 2.55 bits per heavy atom. The van der Waals surface area contributed by atoms with Crippen LogP contribution in [0.4, 0.5) is 0 Å². The molecule has 0 fully saturated rings. The Kier molecular flexibility index (Phi) is 4.81. The maximum Gasteiger partial charge on any atom is 0.323 e. The van der Waals surface area contributed by atoms with Crippen LogP contribution in [0.2, 0.25) is 0 Å². The Morgan fingerprint density at radius 2 is 2.27 bits per heavy atom. The van der Waals surface area contributed by atoms with Crippen molar-refractivity contribution in [2.75, 3.05) is 7.11 Å². The number of carbonyl (C=O) groups is 1. The summed E-state index contributed by atoms with van der Waals surface area (Å²) in [7, 11) is 1.42. The van der Waals surface area contributed by atoms with Gasteiger partial charge in [0, 0.05) is 0 Å². The van der Waals surface area contributed by atoms with Gasteiger partial charge in [0.25, 0.3) is 0 Å². The van der Waals surface area contributed by atoms with Gasteiger partial charge in [-0.3, -0.25) is 4.79 Å². The fourth-order valence-electron chi connectivity index (χ4n) is 0.773. The van der Waals surface area contributed by atoms with Gasteiger partial charge in [-0.15, -0.1) is 0 Å². The Hall–Kier alpha value is -0.610. The van der Waals surface area contributed by atoms with Crippen molar-refractivity contribution in [1.82, 2.24) is 5.48 Å². The highest BCUT2D eigenvalue weighted by atomic mass is 16.6. The average molecular weight is 161 g/mol. The lowest BCUT2D eigenvalue weighted by Gasteiger charge is -2.18. The second-order valence-corrected chi connectivity index (χ2v) is 2.52. The molecule has 0 amide bonds. The minimum Gasteiger partial charge on any atom is -0.480 e. The molecule has 4 heteroatoms. The van der Waals surface area contributed by atoms with Gasteiger partial charge in [0.15, 0.2) is 0 Å². The molecule has 0 saturated heterocycles. The van der Waals surface area contributed by atoms with Crippen LogP contribution in [0.25, 0.3) is 0 Å². The molecule has 0 saturated carbocycles. The van der Waals surface area contributed by atoms with Gasteiger partial charge in [0.2, 0.25) is 0 Å². The lowest BCUT2D eigenvalue weighted by molar-refractivity contribution is -0.145. The molecule has 11 heavy (non-hydrogen) atoms. The van der Waals surface area contributed by atoms with E-state index < -0.39 is 12.0 Å². The van der Waals surface area contributed by atoms with Crippen molar-refractivity contribution in [2.45, 2.75) is 26.3 Å². The first kappa shape index (κ1) is 10.4. The molecule has 0 heterocycles. The smallest absolute Gasteiger partial charge is 0.323 e. The van der Waals surface area contributed by atoms with Gasteiger partial charge < -0.3 is 9.94 Å². The van der Waals surface area contributed by atoms with Crippen molar-refractivity contribution in [2.24, 2.45) is 5.92 Å². The Labute approximate surface area is 66.5 Å². The first-order chi connectivity index (χ1) is 5.13. The molecule has 0 bridgehead atoms. The summed E-state index contributed by atoms with van der Waals surface area (Å²) in [5.41, 5.74) is 2.43. The summed E-state index contributed by atoms with van der Waals surface area (Å²) in [6, 6.07) is -0.606. The lowest BCUT2D eigenvalue weighted by atomic mass is 10.0. The highest BCUT2D eigenvalue weighted by Gasteiger charge is 2.22. The van der Waals surface area contributed by atoms with E-state index in [1.54, 1.807) is 0 Å². The van der Waals surface area contributed by atoms with Crippen molar-refractivity contribution in [3.8, 4) is 0 Å². The van der Waals surface area contributed by atoms with Crippen LogP contribution in [0.5, 0.6) is 0 Å². The molecule has 0 aromatic rings. The average Bonchev–Trinajstić information content (AvgIpc) is 1.98. The molecule has 2 atom stereocenters. The van der Waals surface area contributed by atoms with Crippen LogP contribution >= 0.6 is 0 Å². The van der Waals surface area contributed by atoms with E-state index in [9.17, 15) is 4.79 Å². The summed E-state index contributed by atoms with van der Waals surface area (Å²) in [5.74, 6) is -0.798. The van der Waals surface area contributed by atoms with Crippen LogP contribution in [-0.4, -0.2) is 24.2 Å². The summed E-state index contributed by atoms with van der Waals surface area (Å²) in [4.78, 5) is 15.1. The fourth-order valence-corrected chi connectivity index (χ4v) is 0.773. The van der Waals surface area contributed by atoms with E-state index in [0.717, 1.165) is 6.42 Å². The van der Waals surface area contributed by atoms with Gasteiger partial charge in [-0.05, 0) is 5.92 Å². The van der Waals surface area contributed by atoms with E-state index in [0.29, 0.717) is 0 Å². The molecular weight excluding hydrogens is 146 g/mol. The van der Waals surface area contributed by atoms with Gasteiger partial charge in [0.1, 0.15) is 6.04 Å². The van der Waals surface area contributed by atoms with E-state index >= 15 is 0 Å². The third-order valence-electron chi connectivity index (χ3n) is 1.72. The first-order valence-electron chi connectivity index (χ1n) is 3.64. The third kappa shape index (κ3) is 3.34. The summed E-state index contributed by atoms with van der Waals surface area (Å²) < 4.78 is 0. The van der Waals surface area contributed by atoms with Crippen LogP contribution in [0, 0.1) is 5.92 Å². The molecule has 0 aliphatic rings. The van der Waals surface area contributed by atoms with E-state index in [-0.39, 0.29) is 5.92 Å². The Morgan fingerprint density at radius 1 is 1.73 bits per heavy atom. The van der Waals surface area contributed by atoms with Gasteiger partial charge in [-0.25, -0.2) is 0 Å². The van der Waals surface area contributed by atoms with Gasteiger partial charge in [-0.2, -0.15) is 5.48 Å². The zero-order valence-electron chi connectivity index (χ0n) is 7.13. The molecule has 0 aliphatic carbocycles. The lowest BCUT2D eigenvalue weighted by Crippen LogP contribution is -2.40. The number of carboxylic acid groups (broad SMARTS) is 1. The van der Waals surface area contributed by atoms with Crippen molar-refractivity contribution in [3.05, 3.63) is 0 Å². The number of hydroxylamine groups is 1. The molecule has 0 spiro atoms. The maximum atomic E-state index is 10.5. The SMILES string of the molecule is CC[C@@H](C)[C@@H](NOC)C(=O)O. The molecule has 0 aromatic carbocycles. The molecule has 0 aromatic heterocycles. The van der Waals surface area contributed by atoms with Crippen LogP contribution in [0.15, 0.2) is 0 Å². The molecule has 0 unspecified atom stereocenters. The van der Waals surface area contributed by atoms with Gasteiger partial charge >= 0.3 is 5.97 Å². The number of carboxylic acids is 1. The minimum atomic E-state index is -0.874. The first-order valence-corrected chi connectivity index (χ1v) is 3.64. The standard InChI is InChI=1S/C7H15NO3/c1-4-5(2)6(7(9)10)8-11-3/h5-6,8H,4H2,1-3H3,(H,9,10)/t5-,6-/m1/s1.